The quantitative estimate of drug-likeness (QED) is 0.540. The van der Waals surface area contributed by atoms with Gasteiger partial charge in [-0.2, -0.15) is 0 Å². The van der Waals surface area contributed by atoms with Crippen LogP contribution in [0.25, 0.3) is 11.1 Å². The summed E-state index contributed by atoms with van der Waals surface area (Å²) < 4.78 is 0. The Morgan fingerprint density at radius 3 is 2.65 bits per heavy atom. The van der Waals surface area contributed by atoms with Crippen molar-refractivity contribution < 1.29 is 5.03 Å². The summed E-state index contributed by atoms with van der Waals surface area (Å²) in [5.74, 6) is 0. The van der Waals surface area contributed by atoms with Crippen molar-refractivity contribution in [3.63, 3.8) is 0 Å². The third kappa shape index (κ3) is 1.54. The van der Waals surface area contributed by atoms with Crippen molar-refractivity contribution in [1.82, 2.24) is 0 Å². The van der Waals surface area contributed by atoms with Gasteiger partial charge in [-0.25, -0.2) is 10.1 Å². The van der Waals surface area contributed by atoms with Gasteiger partial charge in [-0.15, -0.1) is 5.43 Å². The molecule has 0 radical (unpaired) electrons. The van der Waals surface area contributed by atoms with E-state index in [1.165, 1.54) is 11.1 Å². The zero-order valence-electron chi connectivity index (χ0n) is 9.01. The maximum absolute atomic E-state index is 10.5. The lowest BCUT2D eigenvalue weighted by Gasteiger charge is -2.04. The molecular weight excluding hydrogens is 216 g/mol. The van der Waals surface area contributed by atoms with E-state index in [4.69, 9.17) is 0 Å². The number of hydrazine groups is 1. The minimum Gasteiger partial charge on any atom is -0.235 e. The van der Waals surface area contributed by atoms with Crippen molar-refractivity contribution in [2.24, 2.45) is 0 Å². The first kappa shape index (κ1) is 9.84. The zero-order valence-corrected chi connectivity index (χ0v) is 9.01. The van der Waals surface area contributed by atoms with Crippen molar-refractivity contribution in [3.05, 3.63) is 63.7 Å². The smallest absolute Gasteiger partial charge is 0.162 e. The van der Waals surface area contributed by atoms with Crippen molar-refractivity contribution in [3.8, 4) is 11.1 Å². The first-order valence-electron chi connectivity index (χ1n) is 5.37. The van der Waals surface area contributed by atoms with Crippen LogP contribution in [0.4, 0.5) is 5.69 Å². The maximum Gasteiger partial charge on any atom is 0.162 e. The van der Waals surface area contributed by atoms with Crippen LogP contribution >= 0.6 is 0 Å². The van der Waals surface area contributed by atoms with Crippen LogP contribution in [-0.2, 0) is 6.42 Å². The van der Waals surface area contributed by atoms with E-state index in [0.29, 0.717) is 5.69 Å². The van der Waals surface area contributed by atoms with Crippen molar-refractivity contribution >= 4 is 5.69 Å². The fraction of sp³-hybridized carbons (Fsp3) is 0.0769. The van der Waals surface area contributed by atoms with Gasteiger partial charge in [0.05, 0.1) is 0 Å². The third-order valence-electron chi connectivity index (χ3n) is 3.06. The number of benzene rings is 2. The predicted molar refractivity (Wildman–Crippen MR) is 65.3 cm³/mol. The van der Waals surface area contributed by atoms with Crippen LogP contribution in [0.2, 0.25) is 0 Å². The monoisotopic (exact) mass is 226 g/mol. The largest absolute Gasteiger partial charge is 0.235 e. The fourth-order valence-electron chi connectivity index (χ4n) is 2.36. The SMILES string of the molecule is O=[N+]([O-])Nc1cccc2c1Cc1ccccc1-2. The summed E-state index contributed by atoms with van der Waals surface area (Å²) in [6, 6.07) is 13.7. The van der Waals surface area contributed by atoms with E-state index in [1.807, 2.05) is 24.3 Å². The molecule has 4 nitrogen and oxygen atoms in total. The minimum atomic E-state index is -0.515. The summed E-state index contributed by atoms with van der Waals surface area (Å²) in [5.41, 5.74) is 7.34. The van der Waals surface area contributed by atoms with Crippen LogP contribution in [0, 0.1) is 10.1 Å². The molecule has 4 heteroatoms. The highest BCUT2D eigenvalue weighted by atomic mass is 16.7. The van der Waals surface area contributed by atoms with Gasteiger partial charge in [0, 0.05) is 6.42 Å². The zero-order chi connectivity index (χ0) is 11.8. The Kier molecular flexibility index (Phi) is 2.08. The van der Waals surface area contributed by atoms with E-state index in [1.54, 1.807) is 6.07 Å². The molecule has 0 saturated heterocycles. The molecule has 84 valence electrons. The van der Waals surface area contributed by atoms with E-state index in [9.17, 15) is 10.1 Å². The molecule has 2 aromatic carbocycles. The standard InChI is InChI=1S/C13H10N2O2/c16-15(17)14-13-7-3-6-11-10-5-2-1-4-9(10)8-12(11)13/h1-7,14H,8H2. The highest BCUT2D eigenvalue weighted by Gasteiger charge is 2.21. The Bertz CT molecular complexity index is 608. The molecule has 1 aliphatic carbocycles. The molecule has 1 N–H and O–H groups in total. The van der Waals surface area contributed by atoms with Crippen molar-refractivity contribution in [1.29, 1.82) is 0 Å². The molecule has 0 aromatic heterocycles. The van der Waals surface area contributed by atoms with Gasteiger partial charge in [0.1, 0.15) is 5.69 Å². The van der Waals surface area contributed by atoms with E-state index >= 15 is 0 Å². The summed E-state index contributed by atoms with van der Waals surface area (Å²) in [5, 5.41) is 10.0. The lowest BCUT2D eigenvalue weighted by atomic mass is 10.1. The molecule has 1 aliphatic rings. The second-order valence-corrected chi connectivity index (χ2v) is 4.03. The number of hydrogen-bond donors (Lipinski definition) is 1. The maximum atomic E-state index is 10.5. The number of nitrogens with one attached hydrogen (secondary N) is 1. The number of anilines is 1. The molecule has 0 amide bonds. The second kappa shape index (κ2) is 3.59. The highest BCUT2D eigenvalue weighted by Crippen LogP contribution is 2.39. The molecule has 3 rings (SSSR count). The third-order valence-corrected chi connectivity index (χ3v) is 3.06. The Balaban J connectivity index is 2.14. The van der Waals surface area contributed by atoms with E-state index in [-0.39, 0.29) is 0 Å². The van der Waals surface area contributed by atoms with Gasteiger partial charge >= 0.3 is 0 Å². The summed E-state index contributed by atoms with van der Waals surface area (Å²) >= 11 is 0. The molecule has 0 atom stereocenters. The first-order valence-corrected chi connectivity index (χ1v) is 5.37. The lowest BCUT2D eigenvalue weighted by molar-refractivity contribution is -0.445. The van der Waals surface area contributed by atoms with Gasteiger partial charge in [0.15, 0.2) is 5.03 Å². The van der Waals surface area contributed by atoms with Gasteiger partial charge in [-0.3, -0.25) is 0 Å². The van der Waals surface area contributed by atoms with Crippen LogP contribution in [0.3, 0.4) is 0 Å². The molecule has 17 heavy (non-hydrogen) atoms. The minimum absolute atomic E-state index is 0.515. The molecular formula is C13H10N2O2. The Morgan fingerprint density at radius 1 is 1.06 bits per heavy atom. The molecule has 0 heterocycles. The molecule has 0 aliphatic heterocycles. The average molecular weight is 226 g/mol. The Hall–Kier alpha value is -2.36. The van der Waals surface area contributed by atoms with Crippen molar-refractivity contribution in [2.45, 2.75) is 6.42 Å². The topological polar surface area (TPSA) is 55.2 Å². The summed E-state index contributed by atoms with van der Waals surface area (Å²) in [6.07, 6.45) is 0.752. The molecule has 0 unspecified atom stereocenters. The fourth-order valence-corrected chi connectivity index (χ4v) is 2.36. The molecule has 2 aromatic rings. The summed E-state index contributed by atoms with van der Waals surface area (Å²) in [7, 11) is 0. The van der Waals surface area contributed by atoms with Gasteiger partial charge in [0.25, 0.3) is 0 Å². The Morgan fingerprint density at radius 2 is 1.82 bits per heavy atom. The number of fused-ring (bicyclic) bond motifs is 3. The predicted octanol–water partition coefficient (Wildman–Crippen LogP) is 2.86. The van der Waals surface area contributed by atoms with E-state index in [0.717, 1.165) is 17.5 Å². The molecule has 0 fully saturated rings. The first-order chi connectivity index (χ1) is 8.25. The second-order valence-electron chi connectivity index (χ2n) is 4.03. The molecule has 0 bridgehead atoms. The van der Waals surface area contributed by atoms with E-state index < -0.39 is 5.03 Å². The lowest BCUT2D eigenvalue weighted by Crippen LogP contribution is -2.09. The average Bonchev–Trinajstić information content (AvgIpc) is 2.68. The number of nitrogens with zero attached hydrogens (tertiary/aromatic N) is 1. The van der Waals surface area contributed by atoms with Crippen molar-refractivity contribution in [2.75, 3.05) is 5.43 Å². The number of nitro groups is 1. The van der Waals surface area contributed by atoms with E-state index in [2.05, 4.69) is 17.6 Å². The normalized spacial score (nSPS) is 11.8. The Labute approximate surface area is 98.0 Å². The van der Waals surface area contributed by atoms with Crippen LogP contribution in [0.15, 0.2) is 42.5 Å². The van der Waals surface area contributed by atoms with Gasteiger partial charge in [-0.1, -0.05) is 36.4 Å². The molecule has 0 saturated carbocycles. The van der Waals surface area contributed by atoms with Gasteiger partial charge in [-0.05, 0) is 28.3 Å². The highest BCUT2D eigenvalue weighted by molar-refractivity contribution is 5.81. The van der Waals surface area contributed by atoms with Gasteiger partial charge < -0.3 is 0 Å². The molecule has 0 spiro atoms. The van der Waals surface area contributed by atoms with Crippen LogP contribution in [0.5, 0.6) is 0 Å². The van der Waals surface area contributed by atoms with Gasteiger partial charge in [0.2, 0.25) is 0 Å². The van der Waals surface area contributed by atoms with Crippen LogP contribution in [-0.4, -0.2) is 5.03 Å². The number of rotatable bonds is 2. The summed E-state index contributed by atoms with van der Waals surface area (Å²) in [4.78, 5) is 10.5. The van der Waals surface area contributed by atoms with Crippen LogP contribution < -0.4 is 5.43 Å². The van der Waals surface area contributed by atoms with Crippen LogP contribution in [0.1, 0.15) is 11.1 Å². The number of hydrogen-bond acceptors (Lipinski definition) is 2. The summed E-state index contributed by atoms with van der Waals surface area (Å²) in [6.45, 7) is 0.